The van der Waals surface area contributed by atoms with Crippen LogP contribution < -0.4 is 4.90 Å². The lowest BCUT2D eigenvalue weighted by Gasteiger charge is -2.36. The molecule has 0 bridgehead atoms. The number of piperazine rings is 1. The fraction of sp³-hybridized carbons (Fsp3) is 0.529. The normalized spacial score (nSPS) is 14.4. The molecule has 1 aromatic rings. The molecule has 0 aromatic heterocycles. The summed E-state index contributed by atoms with van der Waals surface area (Å²) in [4.78, 5) is 31.9. The van der Waals surface area contributed by atoms with Crippen LogP contribution in [0.1, 0.15) is 26.3 Å². The van der Waals surface area contributed by atoms with Crippen LogP contribution in [0.25, 0.3) is 0 Å². The van der Waals surface area contributed by atoms with E-state index in [1.54, 1.807) is 11.0 Å². The molecule has 1 amide bonds. The topological polar surface area (TPSA) is 66.9 Å². The lowest BCUT2D eigenvalue weighted by atomic mass is 10.2. The fourth-order valence-electron chi connectivity index (χ4n) is 2.32. The predicted molar refractivity (Wildman–Crippen MR) is 86.2 cm³/mol. The van der Waals surface area contributed by atoms with Crippen molar-refractivity contribution < 1.29 is 23.5 Å². The van der Waals surface area contributed by atoms with Crippen LogP contribution in [0, 0.1) is 12.7 Å². The third-order valence-electron chi connectivity index (χ3n) is 3.38. The van der Waals surface area contributed by atoms with Gasteiger partial charge in [0, 0.05) is 26.2 Å². The molecule has 6 nitrogen and oxygen atoms in total. The van der Waals surface area contributed by atoms with Gasteiger partial charge in [0.05, 0.1) is 5.69 Å². The third kappa shape index (κ3) is 6.01. The maximum Gasteiger partial charge on any atom is 0.410 e. The molecule has 1 aliphatic heterocycles. The molecule has 0 atom stereocenters. The van der Waals surface area contributed by atoms with Crippen molar-refractivity contribution in [3.05, 3.63) is 29.6 Å². The number of ether oxygens (including phenoxy) is 1. The molecule has 1 heterocycles. The lowest BCUT2D eigenvalue weighted by molar-refractivity contribution is -0.191. The minimum Gasteiger partial charge on any atom is -0.444 e. The number of hydrogen-bond acceptors (Lipinski definition) is 5. The van der Waals surface area contributed by atoms with Crippen molar-refractivity contribution in [2.75, 3.05) is 31.1 Å². The van der Waals surface area contributed by atoms with Gasteiger partial charge >= 0.3 is 12.2 Å². The zero-order valence-electron chi connectivity index (χ0n) is 14.5. The van der Waals surface area contributed by atoms with E-state index in [9.17, 15) is 9.18 Å². The van der Waals surface area contributed by atoms with Crippen LogP contribution in [0.15, 0.2) is 18.2 Å². The first kappa shape index (κ1) is 19.6. The Morgan fingerprint density at radius 1 is 1.17 bits per heavy atom. The number of halogens is 1. The molecule has 0 unspecified atom stereocenters. The standard InChI is InChI=1S/C16H23FN2O2.CO2/c1-12-5-6-14(13(17)11-12)18-7-9-19(10-8-18)15(20)21-16(2,3)4;2-1-3/h5-6,11H,7-10H2,1-4H3;. The number of carbonyl (C=O) groups excluding carboxylic acids is 3. The summed E-state index contributed by atoms with van der Waals surface area (Å²) < 4.78 is 19.3. The van der Waals surface area contributed by atoms with Crippen LogP contribution in [0.4, 0.5) is 14.9 Å². The molecule has 24 heavy (non-hydrogen) atoms. The molecular weight excluding hydrogens is 315 g/mol. The molecule has 7 heteroatoms. The lowest BCUT2D eigenvalue weighted by Crippen LogP contribution is -2.50. The fourth-order valence-corrected chi connectivity index (χ4v) is 2.32. The summed E-state index contributed by atoms with van der Waals surface area (Å²) in [5, 5.41) is 0. The van der Waals surface area contributed by atoms with E-state index in [1.165, 1.54) is 6.07 Å². The summed E-state index contributed by atoms with van der Waals surface area (Å²) in [7, 11) is 0. The summed E-state index contributed by atoms with van der Waals surface area (Å²) in [6, 6.07) is 5.24. The third-order valence-corrected chi connectivity index (χ3v) is 3.38. The van der Waals surface area contributed by atoms with Gasteiger partial charge in [0.15, 0.2) is 0 Å². The number of carbonyl (C=O) groups is 1. The maximum atomic E-state index is 14.0. The minimum absolute atomic E-state index is 0.208. The van der Waals surface area contributed by atoms with E-state index in [0.29, 0.717) is 31.9 Å². The van der Waals surface area contributed by atoms with E-state index in [4.69, 9.17) is 14.3 Å². The highest BCUT2D eigenvalue weighted by molar-refractivity contribution is 5.68. The van der Waals surface area contributed by atoms with Crippen LogP contribution in [0.3, 0.4) is 0 Å². The van der Waals surface area contributed by atoms with Crippen molar-refractivity contribution in [1.29, 1.82) is 0 Å². The van der Waals surface area contributed by atoms with Gasteiger partial charge in [0.2, 0.25) is 0 Å². The van der Waals surface area contributed by atoms with Crippen LogP contribution in [0.5, 0.6) is 0 Å². The SMILES string of the molecule is Cc1ccc(N2CCN(C(=O)OC(C)(C)C)CC2)c(F)c1.O=C=O. The second-order valence-corrected chi connectivity index (χ2v) is 6.49. The summed E-state index contributed by atoms with van der Waals surface area (Å²) >= 11 is 0. The Hall–Kier alpha value is -2.40. The molecule has 1 saturated heterocycles. The van der Waals surface area contributed by atoms with Crippen molar-refractivity contribution in [3.8, 4) is 0 Å². The van der Waals surface area contributed by atoms with E-state index >= 15 is 0 Å². The number of nitrogens with zero attached hydrogens (tertiary/aromatic N) is 2. The monoisotopic (exact) mass is 338 g/mol. The van der Waals surface area contributed by atoms with Gasteiger partial charge in [0.1, 0.15) is 11.4 Å². The molecule has 2 rings (SSSR count). The molecule has 0 spiro atoms. The van der Waals surface area contributed by atoms with Crippen molar-refractivity contribution in [1.82, 2.24) is 4.90 Å². The average Bonchev–Trinajstić information content (AvgIpc) is 2.46. The van der Waals surface area contributed by atoms with Crippen molar-refractivity contribution in [2.24, 2.45) is 0 Å². The first-order chi connectivity index (χ1) is 11.2. The summed E-state index contributed by atoms with van der Waals surface area (Å²) in [5.74, 6) is -0.208. The number of anilines is 1. The largest absolute Gasteiger partial charge is 0.444 e. The quantitative estimate of drug-likeness (QED) is 0.787. The summed E-state index contributed by atoms with van der Waals surface area (Å²) in [5.41, 5.74) is 1.02. The minimum atomic E-state index is -0.489. The molecule has 0 aliphatic carbocycles. The number of rotatable bonds is 1. The smallest absolute Gasteiger partial charge is 0.410 e. The van der Waals surface area contributed by atoms with E-state index in [-0.39, 0.29) is 18.1 Å². The number of aryl methyl sites for hydroxylation is 1. The summed E-state index contributed by atoms with van der Waals surface area (Å²) in [6.07, 6.45) is -0.0495. The molecule has 0 N–H and O–H groups in total. The predicted octanol–water partition coefficient (Wildman–Crippen LogP) is 2.61. The maximum absolute atomic E-state index is 14.0. The van der Waals surface area contributed by atoms with Gasteiger partial charge in [-0.3, -0.25) is 0 Å². The highest BCUT2D eigenvalue weighted by Gasteiger charge is 2.26. The van der Waals surface area contributed by atoms with E-state index < -0.39 is 5.60 Å². The van der Waals surface area contributed by atoms with Crippen LogP contribution in [0.2, 0.25) is 0 Å². The van der Waals surface area contributed by atoms with Gasteiger partial charge in [-0.1, -0.05) is 6.07 Å². The highest BCUT2D eigenvalue weighted by atomic mass is 19.1. The second-order valence-electron chi connectivity index (χ2n) is 6.49. The second kappa shape index (κ2) is 8.45. The Balaban J connectivity index is 0.000000891. The van der Waals surface area contributed by atoms with Crippen molar-refractivity contribution in [3.63, 3.8) is 0 Å². The van der Waals surface area contributed by atoms with Crippen LogP contribution in [-0.2, 0) is 14.3 Å². The van der Waals surface area contributed by atoms with Crippen LogP contribution >= 0.6 is 0 Å². The number of amides is 1. The van der Waals surface area contributed by atoms with Gasteiger partial charge in [0.25, 0.3) is 0 Å². The Morgan fingerprint density at radius 2 is 1.71 bits per heavy atom. The van der Waals surface area contributed by atoms with Gasteiger partial charge in [-0.25, -0.2) is 9.18 Å². The highest BCUT2D eigenvalue weighted by Crippen LogP contribution is 2.22. The van der Waals surface area contributed by atoms with E-state index in [1.807, 2.05) is 38.7 Å². The van der Waals surface area contributed by atoms with Crippen molar-refractivity contribution in [2.45, 2.75) is 33.3 Å². The Bertz CT molecular complexity index is 599. The average molecular weight is 338 g/mol. The molecule has 1 fully saturated rings. The van der Waals surface area contributed by atoms with E-state index in [0.717, 1.165) is 5.56 Å². The zero-order chi connectivity index (χ0) is 18.3. The Morgan fingerprint density at radius 3 is 2.17 bits per heavy atom. The number of hydrogen-bond donors (Lipinski definition) is 0. The van der Waals surface area contributed by atoms with Crippen LogP contribution in [-0.4, -0.2) is 48.9 Å². The molecular formula is C17H23FN2O4. The number of benzene rings is 1. The molecule has 1 aliphatic rings. The molecule has 132 valence electrons. The Labute approximate surface area is 141 Å². The Kier molecular flexibility index (Phi) is 6.92. The first-order valence-electron chi connectivity index (χ1n) is 7.66. The van der Waals surface area contributed by atoms with E-state index in [2.05, 4.69) is 0 Å². The van der Waals surface area contributed by atoms with Gasteiger partial charge < -0.3 is 14.5 Å². The van der Waals surface area contributed by atoms with Gasteiger partial charge in [-0.2, -0.15) is 9.59 Å². The first-order valence-corrected chi connectivity index (χ1v) is 7.66. The van der Waals surface area contributed by atoms with Gasteiger partial charge in [-0.05, 0) is 45.4 Å². The summed E-state index contributed by atoms with van der Waals surface area (Å²) in [6.45, 7) is 9.73. The molecule has 0 saturated carbocycles. The molecule has 0 radical (unpaired) electrons. The van der Waals surface area contributed by atoms with Gasteiger partial charge in [-0.15, -0.1) is 0 Å². The van der Waals surface area contributed by atoms with Crippen molar-refractivity contribution >= 4 is 17.9 Å². The molecule has 1 aromatic carbocycles. The zero-order valence-corrected chi connectivity index (χ0v) is 14.5.